The molecule has 0 aromatic carbocycles. The molecule has 0 saturated carbocycles. The molecule has 0 rings (SSSR count). The summed E-state index contributed by atoms with van der Waals surface area (Å²) >= 11 is 1.35. The molecule has 10 heavy (non-hydrogen) atoms. The highest BCUT2D eigenvalue weighted by molar-refractivity contribution is 9.10. The molecule has 0 aliphatic rings. The van der Waals surface area contributed by atoms with Gasteiger partial charge in [0.1, 0.15) is 0 Å². The van der Waals surface area contributed by atoms with E-state index in [1.165, 1.54) is 15.9 Å². The van der Waals surface area contributed by atoms with E-state index in [0.29, 0.717) is 0 Å². The molecule has 0 bridgehead atoms. The molecule has 0 aromatic rings. The van der Waals surface area contributed by atoms with E-state index >= 15 is 0 Å². The summed E-state index contributed by atoms with van der Waals surface area (Å²) < 4.78 is 64.9. The van der Waals surface area contributed by atoms with Gasteiger partial charge in [-0.25, -0.2) is 4.39 Å². The van der Waals surface area contributed by atoms with Crippen molar-refractivity contribution in [2.75, 3.05) is 0 Å². The predicted octanol–water partition coefficient (Wildman–Crippen LogP) is 1.57. The van der Waals surface area contributed by atoms with Crippen molar-refractivity contribution >= 4 is 26.2 Å². The first-order valence-corrected chi connectivity index (χ1v) is 4.04. The second-order valence-electron chi connectivity index (χ2n) is 1.33. The zero-order valence-corrected chi connectivity index (χ0v) is 6.59. The second kappa shape index (κ2) is 2.65. The van der Waals surface area contributed by atoms with Gasteiger partial charge in [0, 0.05) is 0 Å². The van der Waals surface area contributed by atoms with Gasteiger partial charge in [0.2, 0.25) is 0 Å². The number of hydrogen-bond acceptors (Lipinski definition) is 2. The number of hydrogen-bond donors (Lipinski definition) is 0. The van der Waals surface area contributed by atoms with Crippen molar-refractivity contribution in [3.63, 3.8) is 0 Å². The highest BCUT2D eigenvalue weighted by Gasteiger charge is 2.47. The summed E-state index contributed by atoms with van der Waals surface area (Å²) in [4.78, 5) is -4.37. The summed E-state index contributed by atoms with van der Waals surface area (Å²) in [6.07, 6.45) is 0. The van der Waals surface area contributed by atoms with Crippen LogP contribution in [0.5, 0.6) is 0 Å². The summed E-state index contributed by atoms with van der Waals surface area (Å²) in [6.45, 7) is 0. The van der Waals surface area contributed by atoms with Crippen LogP contribution in [-0.4, -0.2) is 18.8 Å². The normalized spacial score (nSPS) is 16.9. The summed E-state index contributed by atoms with van der Waals surface area (Å²) in [5, 5.41) is 0. The molecule has 0 heterocycles. The molecule has 0 radical (unpaired) electrons. The third kappa shape index (κ3) is 2.82. The fourth-order valence-corrected chi connectivity index (χ4v) is 1.15. The fourth-order valence-electron chi connectivity index (χ4n) is 0.160. The van der Waals surface area contributed by atoms with Crippen molar-refractivity contribution in [3.8, 4) is 0 Å². The molecule has 1 atom stereocenters. The summed E-state index contributed by atoms with van der Waals surface area (Å²) in [5.74, 6) is 0. The average Bonchev–Trinajstić information content (AvgIpc) is 1.59. The van der Waals surface area contributed by atoms with Gasteiger partial charge in [0.25, 0.3) is 0 Å². The van der Waals surface area contributed by atoms with Crippen molar-refractivity contribution in [2.24, 2.45) is 0 Å². The Hall–Kier alpha value is 0.150. The van der Waals surface area contributed by atoms with E-state index in [-0.39, 0.29) is 0 Å². The first-order chi connectivity index (χ1) is 4.15. The zero-order valence-electron chi connectivity index (χ0n) is 4.19. The van der Waals surface area contributed by atoms with Crippen molar-refractivity contribution < 1.29 is 25.5 Å². The average molecular weight is 245 g/mol. The predicted molar refractivity (Wildman–Crippen MR) is 28.8 cm³/mol. The van der Waals surface area contributed by atoms with Crippen LogP contribution >= 0.6 is 15.9 Å². The molecule has 0 saturated heterocycles. The summed E-state index contributed by atoms with van der Waals surface area (Å²) in [5.41, 5.74) is -3.85. The Morgan fingerprint density at radius 3 is 1.70 bits per heavy atom. The molecule has 0 aliphatic carbocycles. The van der Waals surface area contributed by atoms with Gasteiger partial charge in [-0.2, -0.15) is 17.2 Å². The van der Waals surface area contributed by atoms with Gasteiger partial charge in [-0.1, -0.05) is 0 Å². The third-order valence-corrected chi connectivity index (χ3v) is 2.00. The van der Waals surface area contributed by atoms with E-state index in [0.717, 1.165) is 0 Å². The number of halogens is 5. The van der Waals surface area contributed by atoms with Crippen LogP contribution in [0.2, 0.25) is 0 Å². The molecule has 2 nitrogen and oxygen atoms in total. The largest absolute Gasteiger partial charge is 0.348 e. The number of alkyl halides is 4. The Morgan fingerprint density at radius 2 is 1.70 bits per heavy atom. The maximum absolute atomic E-state index is 11.7. The molecular formula is C2HBrF4O2S. The van der Waals surface area contributed by atoms with Gasteiger partial charge in [-0.05, 0) is 15.9 Å². The molecule has 0 N–H and O–H groups in total. The van der Waals surface area contributed by atoms with E-state index in [4.69, 9.17) is 0 Å². The van der Waals surface area contributed by atoms with Gasteiger partial charge < -0.3 is 0 Å². The molecule has 0 aromatic heterocycles. The van der Waals surface area contributed by atoms with E-state index in [1.807, 2.05) is 0 Å². The van der Waals surface area contributed by atoms with E-state index in [2.05, 4.69) is 0 Å². The van der Waals surface area contributed by atoms with Gasteiger partial charge in [-0.15, -0.1) is 3.89 Å². The Bertz CT molecular complexity index is 206. The quantitative estimate of drug-likeness (QED) is 0.420. The van der Waals surface area contributed by atoms with Crippen molar-refractivity contribution in [2.45, 2.75) is 10.3 Å². The van der Waals surface area contributed by atoms with E-state index < -0.39 is 20.6 Å². The highest BCUT2D eigenvalue weighted by atomic mass is 79.9. The molecule has 62 valence electrons. The highest BCUT2D eigenvalue weighted by Crippen LogP contribution is 2.32. The smallest absolute Gasteiger partial charge is 0.219 e. The molecular weight excluding hydrogens is 244 g/mol. The lowest BCUT2D eigenvalue weighted by atomic mass is 10.8. The standard InChI is InChI=1S/C2HBrF4O2S/c3-2(5,6)1(4)10(7,8)9/h1H. The van der Waals surface area contributed by atoms with Crippen LogP contribution in [0.25, 0.3) is 0 Å². The molecule has 8 heteroatoms. The van der Waals surface area contributed by atoms with Crippen molar-refractivity contribution in [1.82, 2.24) is 0 Å². The topological polar surface area (TPSA) is 34.1 Å². The molecule has 0 aliphatic heterocycles. The first-order valence-electron chi connectivity index (χ1n) is 1.80. The molecule has 0 amide bonds. The Morgan fingerprint density at radius 1 is 1.40 bits per heavy atom. The van der Waals surface area contributed by atoms with Crippen molar-refractivity contribution in [1.29, 1.82) is 0 Å². The molecule has 1 unspecified atom stereocenters. The van der Waals surface area contributed by atoms with E-state index in [1.54, 1.807) is 0 Å². The maximum atomic E-state index is 11.7. The van der Waals surface area contributed by atoms with Crippen LogP contribution < -0.4 is 0 Å². The lowest BCUT2D eigenvalue weighted by Crippen LogP contribution is -2.28. The fraction of sp³-hybridized carbons (Fsp3) is 1.00. The summed E-state index contributed by atoms with van der Waals surface area (Å²) in [7, 11) is -5.82. The molecule has 0 spiro atoms. The zero-order chi connectivity index (χ0) is 8.58. The van der Waals surface area contributed by atoms with Gasteiger partial charge in [0.15, 0.2) is 0 Å². The third-order valence-electron chi connectivity index (χ3n) is 0.505. The summed E-state index contributed by atoms with van der Waals surface area (Å²) in [6, 6.07) is 0. The van der Waals surface area contributed by atoms with Crippen LogP contribution in [0.3, 0.4) is 0 Å². The van der Waals surface area contributed by atoms with Crippen molar-refractivity contribution in [3.05, 3.63) is 0 Å². The lowest BCUT2D eigenvalue weighted by molar-refractivity contribution is 0.0584. The van der Waals surface area contributed by atoms with Gasteiger partial charge in [0.05, 0.1) is 0 Å². The Balaban J connectivity index is 4.56. The van der Waals surface area contributed by atoms with Gasteiger partial charge >= 0.3 is 20.6 Å². The molecule has 0 fully saturated rings. The number of rotatable bonds is 2. The minimum Gasteiger partial charge on any atom is -0.219 e. The van der Waals surface area contributed by atoms with Crippen LogP contribution in [0.15, 0.2) is 0 Å². The van der Waals surface area contributed by atoms with Crippen LogP contribution in [0, 0.1) is 0 Å². The first kappa shape index (κ1) is 10.2. The van der Waals surface area contributed by atoms with E-state index in [9.17, 15) is 25.5 Å². The lowest BCUT2D eigenvalue weighted by Gasteiger charge is -2.08. The van der Waals surface area contributed by atoms with Crippen LogP contribution in [0.1, 0.15) is 0 Å². The van der Waals surface area contributed by atoms with Crippen LogP contribution in [0.4, 0.5) is 17.1 Å². The Kier molecular flexibility index (Phi) is 2.69. The van der Waals surface area contributed by atoms with Crippen LogP contribution in [-0.2, 0) is 10.2 Å². The SMILES string of the molecule is O=S(=O)(F)C(F)C(F)(F)Br. The van der Waals surface area contributed by atoms with Gasteiger partial charge in [-0.3, -0.25) is 0 Å². The monoisotopic (exact) mass is 244 g/mol. The second-order valence-corrected chi connectivity index (χ2v) is 3.76. The maximum Gasteiger partial charge on any atom is 0.348 e. The minimum atomic E-state index is -5.82. The Labute approximate surface area is 62.6 Å². The minimum absolute atomic E-state index is 1.35.